The molecule has 182 valence electrons. The zero-order valence-electron chi connectivity index (χ0n) is 18.0. The van der Waals surface area contributed by atoms with E-state index in [9.17, 15) is 28.9 Å². The van der Waals surface area contributed by atoms with Gasteiger partial charge >= 0.3 is 6.03 Å². The number of rotatable bonds is 6. The van der Waals surface area contributed by atoms with Crippen molar-refractivity contribution in [2.75, 3.05) is 4.90 Å². The highest BCUT2D eigenvalue weighted by molar-refractivity contribution is 9.11. The van der Waals surface area contributed by atoms with Crippen LogP contribution in [0.25, 0.3) is 6.08 Å². The number of hydrogen-bond acceptors (Lipinski definition) is 6. The first-order valence-corrected chi connectivity index (χ1v) is 11.7. The van der Waals surface area contributed by atoms with Crippen LogP contribution in [0.4, 0.5) is 20.6 Å². The van der Waals surface area contributed by atoms with Crippen LogP contribution in [0.15, 0.2) is 75.2 Å². The van der Waals surface area contributed by atoms with E-state index < -0.39 is 28.6 Å². The third kappa shape index (κ3) is 5.34. The van der Waals surface area contributed by atoms with E-state index in [1.165, 1.54) is 30.3 Å². The average Bonchev–Trinajstić information content (AvgIpc) is 2.81. The number of anilines is 1. The normalized spacial score (nSPS) is 14.7. The quantitative estimate of drug-likeness (QED) is 0.169. The molecular formula is C24H14Br2FN3O6. The number of barbiturate groups is 1. The van der Waals surface area contributed by atoms with Crippen molar-refractivity contribution >= 4 is 67.2 Å². The SMILES string of the molecule is O=C1NC(=O)N(c2cccc(F)c2)C(=O)/C1=C/c1cc(Br)c(OCc2ccc([N+](=O)[O-])cc2)c(Br)c1. The van der Waals surface area contributed by atoms with Gasteiger partial charge in [0.1, 0.15) is 23.7 Å². The molecule has 1 heterocycles. The summed E-state index contributed by atoms with van der Waals surface area (Å²) < 4.78 is 20.5. The number of hydrogen-bond donors (Lipinski definition) is 1. The molecule has 0 radical (unpaired) electrons. The summed E-state index contributed by atoms with van der Waals surface area (Å²) in [6, 6.07) is 13.0. The minimum atomic E-state index is -0.981. The van der Waals surface area contributed by atoms with Gasteiger partial charge in [-0.3, -0.25) is 25.0 Å². The number of ether oxygens (including phenoxy) is 1. The number of nitrogens with zero attached hydrogens (tertiary/aromatic N) is 2. The monoisotopic (exact) mass is 617 g/mol. The Morgan fingerprint density at radius 1 is 1.03 bits per heavy atom. The van der Waals surface area contributed by atoms with E-state index in [2.05, 4.69) is 37.2 Å². The van der Waals surface area contributed by atoms with E-state index in [4.69, 9.17) is 4.74 Å². The summed E-state index contributed by atoms with van der Waals surface area (Å²) >= 11 is 6.80. The first-order valence-electron chi connectivity index (χ1n) is 10.2. The molecule has 0 aliphatic carbocycles. The van der Waals surface area contributed by atoms with Gasteiger partial charge in [0.05, 0.1) is 19.6 Å². The number of nitro groups is 1. The van der Waals surface area contributed by atoms with Crippen LogP contribution in [-0.4, -0.2) is 22.8 Å². The Morgan fingerprint density at radius 2 is 1.69 bits per heavy atom. The maximum atomic E-state index is 13.6. The summed E-state index contributed by atoms with van der Waals surface area (Å²) in [5, 5.41) is 12.9. The Kier molecular flexibility index (Phi) is 7.27. The van der Waals surface area contributed by atoms with Crippen LogP contribution in [0.3, 0.4) is 0 Å². The number of urea groups is 1. The molecular weight excluding hydrogens is 605 g/mol. The molecule has 0 aromatic heterocycles. The van der Waals surface area contributed by atoms with Gasteiger partial charge in [0, 0.05) is 12.1 Å². The van der Waals surface area contributed by atoms with Crippen LogP contribution in [0.5, 0.6) is 5.75 Å². The first-order chi connectivity index (χ1) is 17.1. The van der Waals surface area contributed by atoms with E-state index in [1.807, 2.05) is 0 Å². The number of nitro benzene ring substituents is 1. The molecule has 0 atom stereocenters. The molecule has 1 aliphatic rings. The Labute approximate surface area is 220 Å². The van der Waals surface area contributed by atoms with Gasteiger partial charge < -0.3 is 4.74 Å². The van der Waals surface area contributed by atoms with Gasteiger partial charge in [-0.1, -0.05) is 6.07 Å². The van der Waals surface area contributed by atoms with Crippen molar-refractivity contribution in [1.82, 2.24) is 5.32 Å². The van der Waals surface area contributed by atoms with Gasteiger partial charge in [-0.15, -0.1) is 0 Å². The minimum Gasteiger partial charge on any atom is -0.487 e. The highest BCUT2D eigenvalue weighted by atomic mass is 79.9. The Hall–Kier alpha value is -3.90. The van der Waals surface area contributed by atoms with Crippen LogP contribution >= 0.6 is 31.9 Å². The number of nitrogens with one attached hydrogen (secondary N) is 1. The molecule has 12 heteroatoms. The summed E-state index contributed by atoms with van der Waals surface area (Å²) in [5.74, 6) is -2.01. The molecule has 4 amide bonds. The Morgan fingerprint density at radius 3 is 2.31 bits per heavy atom. The Bertz CT molecular complexity index is 1420. The lowest BCUT2D eigenvalue weighted by Gasteiger charge is -2.26. The summed E-state index contributed by atoms with van der Waals surface area (Å²) in [5.41, 5.74) is 0.767. The van der Waals surface area contributed by atoms with E-state index in [0.717, 1.165) is 12.1 Å². The summed E-state index contributed by atoms with van der Waals surface area (Å²) in [4.78, 5) is 48.7. The fourth-order valence-corrected chi connectivity index (χ4v) is 4.79. The van der Waals surface area contributed by atoms with Gasteiger partial charge in [-0.2, -0.15) is 0 Å². The van der Waals surface area contributed by atoms with Crippen molar-refractivity contribution in [3.8, 4) is 5.75 Å². The topological polar surface area (TPSA) is 119 Å². The fraction of sp³-hybridized carbons (Fsp3) is 0.0417. The van der Waals surface area contributed by atoms with Crippen molar-refractivity contribution in [1.29, 1.82) is 0 Å². The summed E-state index contributed by atoms with van der Waals surface area (Å²) in [6.45, 7) is 0.126. The first kappa shape index (κ1) is 25.2. The van der Waals surface area contributed by atoms with Crippen molar-refractivity contribution in [3.05, 3.63) is 102 Å². The zero-order valence-corrected chi connectivity index (χ0v) is 21.2. The summed E-state index contributed by atoms with van der Waals surface area (Å²) in [6.07, 6.45) is 1.30. The minimum absolute atomic E-state index is 0.0201. The van der Waals surface area contributed by atoms with Crippen LogP contribution in [-0.2, 0) is 16.2 Å². The second-order valence-electron chi connectivity index (χ2n) is 7.46. The highest BCUT2D eigenvalue weighted by Gasteiger charge is 2.37. The lowest BCUT2D eigenvalue weighted by molar-refractivity contribution is -0.384. The maximum Gasteiger partial charge on any atom is 0.335 e. The van der Waals surface area contributed by atoms with E-state index in [1.54, 1.807) is 24.3 Å². The van der Waals surface area contributed by atoms with Crippen LogP contribution < -0.4 is 15.0 Å². The molecule has 3 aromatic rings. The predicted molar refractivity (Wildman–Crippen MR) is 135 cm³/mol. The lowest BCUT2D eigenvalue weighted by Crippen LogP contribution is -2.54. The third-order valence-electron chi connectivity index (χ3n) is 5.03. The second-order valence-corrected chi connectivity index (χ2v) is 9.17. The summed E-state index contributed by atoms with van der Waals surface area (Å²) in [7, 11) is 0. The van der Waals surface area contributed by atoms with Crippen molar-refractivity contribution in [2.45, 2.75) is 6.61 Å². The third-order valence-corrected chi connectivity index (χ3v) is 6.21. The molecule has 0 saturated carbocycles. The molecule has 1 saturated heterocycles. The van der Waals surface area contributed by atoms with E-state index in [-0.39, 0.29) is 23.6 Å². The highest BCUT2D eigenvalue weighted by Crippen LogP contribution is 2.36. The number of non-ortho nitro benzene ring substituents is 1. The van der Waals surface area contributed by atoms with E-state index >= 15 is 0 Å². The lowest BCUT2D eigenvalue weighted by atomic mass is 10.1. The van der Waals surface area contributed by atoms with Gasteiger partial charge in [0.15, 0.2) is 0 Å². The number of benzene rings is 3. The number of imide groups is 2. The molecule has 0 bridgehead atoms. The van der Waals surface area contributed by atoms with Crippen molar-refractivity contribution in [2.24, 2.45) is 0 Å². The second kappa shape index (κ2) is 10.4. The van der Waals surface area contributed by atoms with Crippen LogP contribution in [0, 0.1) is 15.9 Å². The standard InChI is InChI=1S/C24H14Br2FN3O6/c25-19-9-14(10-20(26)21(19)36-12-13-4-6-16(7-5-13)30(34)35)8-18-22(31)28-24(33)29(23(18)32)17-3-1-2-15(27)11-17/h1-11H,12H2,(H,28,31,33)/b18-8+. The number of carbonyl (C=O) groups is 3. The molecule has 1 aliphatic heterocycles. The maximum absolute atomic E-state index is 13.6. The van der Waals surface area contributed by atoms with Gasteiger partial charge in [-0.25, -0.2) is 14.1 Å². The molecule has 4 rings (SSSR count). The van der Waals surface area contributed by atoms with Crippen LogP contribution in [0.2, 0.25) is 0 Å². The van der Waals surface area contributed by atoms with Gasteiger partial charge in [0.25, 0.3) is 17.5 Å². The molecule has 3 aromatic carbocycles. The smallest absolute Gasteiger partial charge is 0.335 e. The van der Waals surface area contributed by atoms with Crippen molar-refractivity contribution < 1.29 is 28.4 Å². The molecule has 1 fully saturated rings. The Balaban J connectivity index is 1.57. The molecule has 0 spiro atoms. The zero-order chi connectivity index (χ0) is 26.0. The average molecular weight is 619 g/mol. The molecule has 36 heavy (non-hydrogen) atoms. The van der Waals surface area contributed by atoms with Crippen molar-refractivity contribution in [3.63, 3.8) is 0 Å². The fourth-order valence-electron chi connectivity index (χ4n) is 3.34. The van der Waals surface area contributed by atoms with Gasteiger partial charge in [0.2, 0.25) is 0 Å². The number of carbonyl (C=O) groups excluding carboxylic acids is 3. The number of halogens is 3. The molecule has 0 unspecified atom stereocenters. The molecule has 1 N–H and O–H groups in total. The van der Waals surface area contributed by atoms with Gasteiger partial charge in [-0.05, 0) is 91.5 Å². The number of amides is 4. The van der Waals surface area contributed by atoms with Crippen LogP contribution in [0.1, 0.15) is 11.1 Å². The van der Waals surface area contributed by atoms with E-state index in [0.29, 0.717) is 30.7 Å². The molecule has 9 nitrogen and oxygen atoms in total. The predicted octanol–water partition coefficient (Wildman–Crippen LogP) is 5.50. The largest absolute Gasteiger partial charge is 0.487 e.